The molecule has 28 heavy (non-hydrogen) atoms. The van der Waals surface area contributed by atoms with E-state index in [9.17, 15) is 0 Å². The molecule has 0 bridgehead atoms. The maximum absolute atomic E-state index is 6.58. The van der Waals surface area contributed by atoms with E-state index in [1.165, 1.54) is 43.2 Å². The van der Waals surface area contributed by atoms with E-state index in [1.54, 1.807) is 12.1 Å². The Kier molecular flexibility index (Phi) is 5.25. The fraction of sp³-hybridized carbons (Fsp3) is 0.478. The first-order valence-electron chi connectivity index (χ1n) is 10.3. The maximum atomic E-state index is 6.58. The second kappa shape index (κ2) is 7.72. The molecular weight excluding hydrogens is 413 g/mol. The summed E-state index contributed by atoms with van der Waals surface area (Å²) in [6, 6.07) is 8.08. The first kappa shape index (κ1) is 19.1. The Morgan fingerprint density at radius 2 is 1.57 bits per heavy atom. The highest BCUT2D eigenvalue weighted by molar-refractivity contribution is 6.41. The molecule has 1 saturated carbocycles. The van der Waals surface area contributed by atoms with Crippen molar-refractivity contribution in [2.75, 3.05) is 13.1 Å². The summed E-state index contributed by atoms with van der Waals surface area (Å²) in [5, 5.41) is 5.30. The fourth-order valence-corrected chi connectivity index (χ4v) is 6.24. The Labute approximate surface area is 181 Å². The number of rotatable bonds is 2. The van der Waals surface area contributed by atoms with Crippen molar-refractivity contribution >= 4 is 34.8 Å². The van der Waals surface area contributed by atoms with Gasteiger partial charge >= 0.3 is 0 Å². The van der Waals surface area contributed by atoms with Gasteiger partial charge in [-0.25, -0.2) is 0 Å². The van der Waals surface area contributed by atoms with Crippen LogP contribution in [0.1, 0.15) is 61.5 Å². The molecule has 5 heteroatoms. The minimum Gasteiger partial charge on any atom is -0.489 e. The SMILES string of the molecule is Clc1cc(Cl)c(-c2cc(C3CCCCC3)c3c(c2)[C@@H]2CNCC[C@@H]2O3)c(Cl)c1. The van der Waals surface area contributed by atoms with Crippen LogP contribution in [0.15, 0.2) is 24.3 Å². The molecular formula is C23H24Cl3NO. The lowest BCUT2D eigenvalue weighted by atomic mass is 9.80. The average Bonchev–Trinajstić information content (AvgIpc) is 3.06. The summed E-state index contributed by atoms with van der Waals surface area (Å²) >= 11 is 19.3. The van der Waals surface area contributed by atoms with Gasteiger partial charge in [0.05, 0.1) is 10.0 Å². The van der Waals surface area contributed by atoms with Crippen molar-refractivity contribution in [2.24, 2.45) is 0 Å². The van der Waals surface area contributed by atoms with Gasteiger partial charge in [0.2, 0.25) is 0 Å². The number of fused-ring (bicyclic) bond motifs is 3. The molecule has 0 unspecified atom stereocenters. The van der Waals surface area contributed by atoms with Crippen molar-refractivity contribution < 1.29 is 4.74 Å². The fourth-order valence-electron chi connectivity index (χ4n) is 5.20. The highest BCUT2D eigenvalue weighted by Crippen LogP contribution is 2.50. The third-order valence-electron chi connectivity index (χ3n) is 6.57. The predicted octanol–water partition coefficient (Wildman–Crippen LogP) is 7.20. The van der Waals surface area contributed by atoms with E-state index in [4.69, 9.17) is 39.5 Å². The normalized spacial score (nSPS) is 24.5. The highest BCUT2D eigenvalue weighted by Gasteiger charge is 2.39. The smallest absolute Gasteiger partial charge is 0.126 e. The summed E-state index contributed by atoms with van der Waals surface area (Å²) in [6.45, 7) is 1.99. The Balaban J connectivity index is 1.67. The summed E-state index contributed by atoms with van der Waals surface area (Å²) in [6.07, 6.45) is 7.72. The van der Waals surface area contributed by atoms with Crippen LogP contribution in [0.25, 0.3) is 11.1 Å². The zero-order valence-corrected chi connectivity index (χ0v) is 18.0. The highest BCUT2D eigenvalue weighted by atomic mass is 35.5. The van der Waals surface area contributed by atoms with Crippen molar-refractivity contribution in [3.63, 3.8) is 0 Å². The Morgan fingerprint density at radius 1 is 0.857 bits per heavy atom. The van der Waals surface area contributed by atoms with Gasteiger partial charge in [-0.15, -0.1) is 0 Å². The lowest BCUT2D eigenvalue weighted by Gasteiger charge is -2.25. The molecule has 1 aliphatic carbocycles. The Morgan fingerprint density at radius 3 is 2.32 bits per heavy atom. The summed E-state index contributed by atoms with van der Waals surface area (Å²) in [7, 11) is 0. The van der Waals surface area contributed by atoms with Crippen LogP contribution in [0.3, 0.4) is 0 Å². The van der Waals surface area contributed by atoms with Crippen molar-refractivity contribution in [3.8, 4) is 16.9 Å². The van der Waals surface area contributed by atoms with Gasteiger partial charge in [-0.3, -0.25) is 0 Å². The molecule has 2 heterocycles. The van der Waals surface area contributed by atoms with Crippen molar-refractivity contribution in [1.29, 1.82) is 0 Å². The molecule has 0 radical (unpaired) electrons. The minimum absolute atomic E-state index is 0.282. The first-order chi connectivity index (χ1) is 13.6. The number of hydrogen-bond donors (Lipinski definition) is 1. The zero-order chi connectivity index (χ0) is 19.3. The quantitative estimate of drug-likeness (QED) is 0.537. The van der Waals surface area contributed by atoms with E-state index in [0.29, 0.717) is 26.9 Å². The third-order valence-corrected chi connectivity index (χ3v) is 7.39. The Bertz CT molecular complexity index is 884. The molecule has 2 aliphatic heterocycles. The van der Waals surface area contributed by atoms with E-state index < -0.39 is 0 Å². The van der Waals surface area contributed by atoms with Gasteiger partial charge in [-0.05, 0) is 67.1 Å². The topological polar surface area (TPSA) is 21.3 Å². The molecule has 2 aromatic carbocycles. The lowest BCUT2D eigenvalue weighted by molar-refractivity contribution is 0.170. The van der Waals surface area contributed by atoms with Crippen LogP contribution in [0.5, 0.6) is 5.75 Å². The lowest BCUT2D eigenvalue weighted by Crippen LogP contribution is -2.37. The number of piperidine rings is 1. The molecule has 0 amide bonds. The van der Waals surface area contributed by atoms with Crippen LogP contribution >= 0.6 is 34.8 Å². The number of hydrogen-bond acceptors (Lipinski definition) is 2. The summed E-state index contributed by atoms with van der Waals surface area (Å²) in [4.78, 5) is 0. The maximum Gasteiger partial charge on any atom is 0.126 e. The molecule has 1 saturated heterocycles. The molecule has 2 fully saturated rings. The summed E-state index contributed by atoms with van der Waals surface area (Å²) < 4.78 is 6.54. The van der Waals surface area contributed by atoms with Gasteiger partial charge in [0, 0.05) is 28.6 Å². The zero-order valence-electron chi connectivity index (χ0n) is 15.7. The van der Waals surface area contributed by atoms with Crippen LogP contribution < -0.4 is 10.1 Å². The van der Waals surface area contributed by atoms with Crippen LogP contribution in [0.4, 0.5) is 0 Å². The van der Waals surface area contributed by atoms with Crippen LogP contribution in [-0.4, -0.2) is 19.2 Å². The molecule has 2 aromatic rings. The van der Waals surface area contributed by atoms with E-state index >= 15 is 0 Å². The largest absolute Gasteiger partial charge is 0.489 e. The standard InChI is InChI=1S/C23H24Cl3NO/c24-15-10-19(25)22(20(26)11-15)14-8-16(13-4-2-1-3-5-13)23-17(9-14)18-12-27-7-6-21(18)28-23/h8-11,13,18,21,27H,1-7,12H2/t18-,21-/m0/s1. The van der Waals surface area contributed by atoms with E-state index in [-0.39, 0.29) is 6.10 Å². The predicted molar refractivity (Wildman–Crippen MR) is 117 cm³/mol. The number of nitrogens with one attached hydrogen (secondary N) is 1. The molecule has 0 aromatic heterocycles. The average molecular weight is 437 g/mol. The molecule has 1 N–H and O–H groups in total. The van der Waals surface area contributed by atoms with Crippen LogP contribution in [-0.2, 0) is 0 Å². The van der Waals surface area contributed by atoms with Gasteiger partial charge in [-0.2, -0.15) is 0 Å². The van der Waals surface area contributed by atoms with Crippen molar-refractivity contribution in [2.45, 2.75) is 56.5 Å². The third kappa shape index (κ3) is 3.33. The number of halogens is 3. The molecule has 5 rings (SSSR count). The number of benzene rings is 2. The van der Waals surface area contributed by atoms with Gasteiger partial charge in [0.15, 0.2) is 0 Å². The van der Waals surface area contributed by atoms with Gasteiger partial charge in [0.1, 0.15) is 11.9 Å². The van der Waals surface area contributed by atoms with Crippen molar-refractivity contribution in [1.82, 2.24) is 5.32 Å². The van der Waals surface area contributed by atoms with E-state index in [2.05, 4.69) is 17.4 Å². The molecule has 3 aliphatic rings. The minimum atomic E-state index is 0.282. The molecule has 2 nitrogen and oxygen atoms in total. The second-order valence-electron chi connectivity index (χ2n) is 8.32. The Hall–Kier alpha value is -0.930. The van der Waals surface area contributed by atoms with Crippen LogP contribution in [0.2, 0.25) is 15.1 Å². The van der Waals surface area contributed by atoms with Crippen molar-refractivity contribution in [3.05, 3.63) is 50.5 Å². The van der Waals surface area contributed by atoms with Gasteiger partial charge < -0.3 is 10.1 Å². The molecule has 0 spiro atoms. The van der Waals surface area contributed by atoms with E-state index in [1.807, 2.05) is 0 Å². The summed E-state index contributed by atoms with van der Waals surface area (Å²) in [5.41, 5.74) is 4.63. The van der Waals surface area contributed by atoms with Crippen LogP contribution in [0, 0.1) is 0 Å². The first-order valence-corrected chi connectivity index (χ1v) is 11.5. The van der Waals surface area contributed by atoms with Gasteiger partial charge in [0.25, 0.3) is 0 Å². The molecule has 2 atom stereocenters. The van der Waals surface area contributed by atoms with Gasteiger partial charge in [-0.1, -0.05) is 54.1 Å². The molecule has 148 valence electrons. The monoisotopic (exact) mass is 435 g/mol. The summed E-state index contributed by atoms with van der Waals surface area (Å²) in [5.74, 6) is 2.09. The van der Waals surface area contributed by atoms with E-state index in [0.717, 1.165) is 36.4 Å². The second-order valence-corrected chi connectivity index (χ2v) is 9.57. The number of ether oxygens (including phenoxy) is 1.